The fraction of sp³-hybridized carbons (Fsp3) is 0.250. The number of ketones is 1. The molecule has 1 N–H and O–H groups in total. The van der Waals surface area contributed by atoms with Crippen molar-refractivity contribution in [2.24, 2.45) is 11.8 Å². The number of nitrogens with zero attached hydrogens (tertiary/aromatic N) is 1. The third-order valence-corrected chi connectivity index (χ3v) is 6.56. The van der Waals surface area contributed by atoms with Crippen LogP contribution >= 0.6 is 11.8 Å². The van der Waals surface area contributed by atoms with E-state index in [1.807, 2.05) is 24.3 Å². The number of carbonyl (C=O) groups excluding carboxylic acids is 4. The van der Waals surface area contributed by atoms with Gasteiger partial charge in [-0.05, 0) is 68.3 Å². The molecule has 0 aromatic heterocycles. The van der Waals surface area contributed by atoms with Crippen molar-refractivity contribution in [1.29, 1.82) is 0 Å². The maximum atomic E-state index is 12.7. The lowest BCUT2D eigenvalue weighted by molar-refractivity contribution is -0.122. The summed E-state index contributed by atoms with van der Waals surface area (Å²) in [4.78, 5) is 51.0. The molecule has 0 spiro atoms. The first kappa shape index (κ1) is 21.1. The maximum absolute atomic E-state index is 12.7. The summed E-state index contributed by atoms with van der Waals surface area (Å²) in [5, 5.41) is 2.80. The van der Waals surface area contributed by atoms with Crippen molar-refractivity contribution in [1.82, 2.24) is 0 Å². The van der Waals surface area contributed by atoms with E-state index in [-0.39, 0.29) is 41.1 Å². The first-order valence-electron chi connectivity index (χ1n) is 10.1. The van der Waals surface area contributed by atoms with E-state index in [2.05, 4.69) is 5.32 Å². The molecule has 158 valence electrons. The summed E-state index contributed by atoms with van der Waals surface area (Å²) in [6.45, 7) is 1.50. The molecule has 4 rings (SSSR count). The molecule has 1 aliphatic carbocycles. The summed E-state index contributed by atoms with van der Waals surface area (Å²) in [7, 11) is 0. The SMILES string of the molecule is CC(=O)c1ccc(NC(=O)CSc2ccc(N3C(=O)[C@@H]4CC=CC[C@H]4C3=O)cc2)cc1. The van der Waals surface area contributed by atoms with Crippen LogP contribution in [0.5, 0.6) is 0 Å². The van der Waals surface area contributed by atoms with E-state index >= 15 is 0 Å². The van der Waals surface area contributed by atoms with Crippen molar-refractivity contribution in [2.45, 2.75) is 24.7 Å². The second kappa shape index (κ2) is 8.89. The van der Waals surface area contributed by atoms with Crippen LogP contribution in [0.25, 0.3) is 0 Å². The minimum atomic E-state index is -0.250. The molecule has 0 unspecified atom stereocenters. The van der Waals surface area contributed by atoms with Crippen LogP contribution in [-0.4, -0.2) is 29.3 Å². The molecule has 1 aliphatic heterocycles. The Bertz CT molecular complexity index is 1030. The van der Waals surface area contributed by atoms with Crippen LogP contribution in [0.15, 0.2) is 65.6 Å². The molecule has 1 heterocycles. The predicted octanol–water partition coefficient (Wildman–Crippen LogP) is 4.08. The first-order valence-corrected chi connectivity index (χ1v) is 11.1. The summed E-state index contributed by atoms with van der Waals surface area (Å²) < 4.78 is 0. The molecule has 6 nitrogen and oxygen atoms in total. The van der Waals surface area contributed by atoms with Gasteiger partial charge in [0.15, 0.2) is 5.78 Å². The highest BCUT2D eigenvalue weighted by Gasteiger charge is 2.47. The minimum Gasteiger partial charge on any atom is -0.325 e. The van der Waals surface area contributed by atoms with Crippen molar-refractivity contribution in [3.8, 4) is 0 Å². The highest BCUT2D eigenvalue weighted by molar-refractivity contribution is 8.00. The maximum Gasteiger partial charge on any atom is 0.238 e. The number of thioether (sulfide) groups is 1. The Morgan fingerprint density at radius 3 is 2.06 bits per heavy atom. The van der Waals surface area contributed by atoms with Crippen LogP contribution in [0.1, 0.15) is 30.1 Å². The van der Waals surface area contributed by atoms with Crippen LogP contribution in [0.3, 0.4) is 0 Å². The molecule has 2 atom stereocenters. The molecule has 3 amide bonds. The van der Waals surface area contributed by atoms with Gasteiger partial charge in [-0.25, -0.2) is 0 Å². The Hall–Kier alpha value is -3.19. The van der Waals surface area contributed by atoms with Gasteiger partial charge in [0.2, 0.25) is 17.7 Å². The van der Waals surface area contributed by atoms with Gasteiger partial charge in [0.25, 0.3) is 0 Å². The number of carbonyl (C=O) groups is 4. The van der Waals surface area contributed by atoms with Crippen LogP contribution in [-0.2, 0) is 14.4 Å². The number of fused-ring (bicyclic) bond motifs is 1. The van der Waals surface area contributed by atoms with E-state index in [0.29, 0.717) is 29.8 Å². The van der Waals surface area contributed by atoms with Gasteiger partial charge in [0, 0.05) is 16.1 Å². The Labute approximate surface area is 184 Å². The average molecular weight is 435 g/mol. The molecule has 1 fully saturated rings. The third-order valence-electron chi connectivity index (χ3n) is 5.55. The van der Waals surface area contributed by atoms with Gasteiger partial charge < -0.3 is 5.32 Å². The summed E-state index contributed by atoms with van der Waals surface area (Å²) in [6, 6.07) is 13.9. The zero-order valence-electron chi connectivity index (χ0n) is 17.0. The van der Waals surface area contributed by atoms with E-state index in [0.717, 1.165) is 4.90 Å². The Morgan fingerprint density at radius 1 is 0.935 bits per heavy atom. The van der Waals surface area contributed by atoms with Gasteiger partial charge in [0.1, 0.15) is 0 Å². The summed E-state index contributed by atoms with van der Waals surface area (Å²) in [5.41, 5.74) is 1.80. The molecular weight excluding hydrogens is 412 g/mol. The normalized spacial score (nSPS) is 20.0. The van der Waals surface area contributed by atoms with Gasteiger partial charge in [-0.1, -0.05) is 12.2 Å². The number of imide groups is 1. The minimum absolute atomic E-state index is 0.0235. The van der Waals surface area contributed by atoms with Crippen molar-refractivity contribution < 1.29 is 19.2 Å². The number of benzene rings is 2. The van der Waals surface area contributed by atoms with E-state index < -0.39 is 0 Å². The number of amides is 3. The monoisotopic (exact) mass is 434 g/mol. The number of rotatable bonds is 6. The fourth-order valence-corrected chi connectivity index (χ4v) is 4.58. The molecule has 7 heteroatoms. The Balaban J connectivity index is 1.33. The lowest BCUT2D eigenvalue weighted by Crippen LogP contribution is -2.30. The average Bonchev–Trinajstić information content (AvgIpc) is 3.03. The smallest absolute Gasteiger partial charge is 0.238 e. The van der Waals surface area contributed by atoms with Gasteiger partial charge in [0.05, 0.1) is 23.3 Å². The standard InChI is InChI=1S/C24H22N2O4S/c1-15(27)16-6-8-17(9-7-16)25-22(28)14-31-19-12-10-18(11-13-19)26-23(29)20-4-2-3-5-21(20)24(26)30/h2-3,6-13,20-21H,4-5,14H2,1H3,(H,25,28)/t20-,21-/m1/s1. The number of nitrogens with one attached hydrogen (secondary N) is 1. The summed E-state index contributed by atoms with van der Waals surface area (Å²) in [5.74, 6) is -0.731. The number of hydrogen-bond acceptors (Lipinski definition) is 5. The van der Waals surface area contributed by atoms with Crippen LogP contribution in [0.4, 0.5) is 11.4 Å². The van der Waals surface area contributed by atoms with Crippen molar-refractivity contribution >= 4 is 46.6 Å². The van der Waals surface area contributed by atoms with Gasteiger partial charge >= 0.3 is 0 Å². The second-order valence-electron chi connectivity index (χ2n) is 7.63. The van der Waals surface area contributed by atoms with Crippen molar-refractivity contribution in [2.75, 3.05) is 16.0 Å². The van der Waals surface area contributed by atoms with Gasteiger partial charge in [-0.15, -0.1) is 11.8 Å². The van der Waals surface area contributed by atoms with Crippen LogP contribution < -0.4 is 10.2 Å². The topological polar surface area (TPSA) is 83.6 Å². The summed E-state index contributed by atoms with van der Waals surface area (Å²) >= 11 is 1.36. The van der Waals surface area contributed by atoms with E-state index in [1.165, 1.54) is 23.6 Å². The van der Waals surface area contributed by atoms with Crippen LogP contribution in [0, 0.1) is 11.8 Å². The van der Waals surface area contributed by atoms with Crippen molar-refractivity contribution in [3.63, 3.8) is 0 Å². The Kier molecular flexibility index (Phi) is 6.04. The molecule has 0 radical (unpaired) electrons. The third kappa shape index (κ3) is 4.46. The zero-order chi connectivity index (χ0) is 22.0. The number of allylic oxidation sites excluding steroid dienone is 2. The zero-order valence-corrected chi connectivity index (χ0v) is 17.9. The molecular formula is C24H22N2O4S. The van der Waals surface area contributed by atoms with E-state index in [1.54, 1.807) is 36.4 Å². The molecule has 2 aromatic rings. The molecule has 1 saturated heterocycles. The number of Topliss-reactive ketones (excluding diaryl/α,β-unsaturated/α-hetero) is 1. The number of hydrogen-bond donors (Lipinski definition) is 1. The summed E-state index contributed by atoms with van der Waals surface area (Å²) in [6.07, 6.45) is 5.18. The quantitative estimate of drug-likeness (QED) is 0.321. The van der Waals surface area contributed by atoms with Crippen molar-refractivity contribution in [3.05, 3.63) is 66.2 Å². The fourth-order valence-electron chi connectivity index (χ4n) is 3.88. The molecule has 0 saturated carbocycles. The highest BCUT2D eigenvalue weighted by atomic mass is 32.2. The van der Waals surface area contributed by atoms with Gasteiger partial charge in [-0.2, -0.15) is 0 Å². The van der Waals surface area contributed by atoms with E-state index in [9.17, 15) is 19.2 Å². The molecule has 0 bridgehead atoms. The molecule has 31 heavy (non-hydrogen) atoms. The lowest BCUT2D eigenvalue weighted by Gasteiger charge is -2.15. The lowest BCUT2D eigenvalue weighted by atomic mass is 9.85. The Morgan fingerprint density at radius 2 is 1.52 bits per heavy atom. The highest BCUT2D eigenvalue weighted by Crippen LogP contribution is 2.38. The second-order valence-corrected chi connectivity index (χ2v) is 8.68. The van der Waals surface area contributed by atoms with Gasteiger partial charge in [-0.3, -0.25) is 24.1 Å². The first-order chi connectivity index (χ1) is 14.9. The van der Waals surface area contributed by atoms with E-state index in [4.69, 9.17) is 0 Å². The molecule has 2 aliphatic rings. The molecule has 2 aromatic carbocycles. The largest absolute Gasteiger partial charge is 0.325 e. The predicted molar refractivity (Wildman–Crippen MR) is 120 cm³/mol. The number of anilines is 2. The van der Waals surface area contributed by atoms with Crippen LogP contribution in [0.2, 0.25) is 0 Å².